The summed E-state index contributed by atoms with van der Waals surface area (Å²) in [5.41, 5.74) is 2.67. The van der Waals surface area contributed by atoms with Crippen LogP contribution in [-0.4, -0.2) is 27.7 Å². The average molecular weight is 392 g/mol. The van der Waals surface area contributed by atoms with E-state index >= 15 is 0 Å². The Morgan fingerprint density at radius 1 is 1.14 bits per heavy atom. The number of nitrogens with one attached hydrogen (secondary N) is 2. The van der Waals surface area contributed by atoms with Crippen LogP contribution in [-0.2, 0) is 22.7 Å². The Balaban J connectivity index is 1.49. The van der Waals surface area contributed by atoms with Gasteiger partial charge in [-0.05, 0) is 49.7 Å². The van der Waals surface area contributed by atoms with Crippen LogP contribution < -0.4 is 15.4 Å². The number of ether oxygens (including phenoxy) is 1. The summed E-state index contributed by atoms with van der Waals surface area (Å²) < 4.78 is 7.22. The fourth-order valence-corrected chi connectivity index (χ4v) is 2.71. The van der Waals surface area contributed by atoms with E-state index in [1.54, 1.807) is 36.1 Å². The molecule has 29 heavy (non-hydrogen) atoms. The first-order chi connectivity index (χ1) is 14.0. The van der Waals surface area contributed by atoms with Gasteiger partial charge in [-0.25, -0.2) is 0 Å². The molecule has 0 saturated carbocycles. The zero-order valence-electron chi connectivity index (χ0n) is 16.5. The SMILES string of the molecule is Cc1ccc(OC(C)C(=O)NCc2cccc(NC(=O)Cn3cccn3)c2)cc1. The predicted molar refractivity (Wildman–Crippen MR) is 110 cm³/mol. The topological polar surface area (TPSA) is 85.3 Å². The van der Waals surface area contributed by atoms with Crippen molar-refractivity contribution < 1.29 is 14.3 Å². The van der Waals surface area contributed by atoms with Gasteiger partial charge < -0.3 is 15.4 Å². The molecule has 2 amide bonds. The summed E-state index contributed by atoms with van der Waals surface area (Å²) in [5.74, 6) is 0.272. The Morgan fingerprint density at radius 2 is 1.93 bits per heavy atom. The minimum atomic E-state index is -0.616. The van der Waals surface area contributed by atoms with Crippen molar-refractivity contribution in [2.45, 2.75) is 33.0 Å². The molecule has 2 N–H and O–H groups in total. The zero-order valence-corrected chi connectivity index (χ0v) is 16.5. The highest BCUT2D eigenvalue weighted by atomic mass is 16.5. The number of nitrogens with zero attached hydrogens (tertiary/aromatic N) is 2. The third kappa shape index (κ3) is 6.21. The van der Waals surface area contributed by atoms with Crippen LogP contribution in [0.15, 0.2) is 67.0 Å². The van der Waals surface area contributed by atoms with Gasteiger partial charge in [0.15, 0.2) is 6.10 Å². The number of hydrogen-bond acceptors (Lipinski definition) is 4. The monoisotopic (exact) mass is 392 g/mol. The summed E-state index contributed by atoms with van der Waals surface area (Å²) in [6.07, 6.45) is 2.74. The molecule has 0 radical (unpaired) electrons. The molecule has 7 nitrogen and oxygen atoms in total. The number of amides is 2. The molecule has 1 heterocycles. The Hall–Kier alpha value is -3.61. The molecule has 150 valence electrons. The summed E-state index contributed by atoms with van der Waals surface area (Å²) in [6.45, 7) is 4.18. The molecule has 0 saturated heterocycles. The van der Waals surface area contributed by atoms with E-state index in [-0.39, 0.29) is 18.4 Å². The number of rotatable bonds is 8. The van der Waals surface area contributed by atoms with Crippen molar-refractivity contribution in [2.75, 3.05) is 5.32 Å². The van der Waals surface area contributed by atoms with E-state index in [9.17, 15) is 9.59 Å². The van der Waals surface area contributed by atoms with Crippen molar-refractivity contribution in [3.05, 3.63) is 78.1 Å². The lowest BCUT2D eigenvalue weighted by Gasteiger charge is -2.15. The van der Waals surface area contributed by atoms with Crippen molar-refractivity contribution in [2.24, 2.45) is 0 Å². The third-order valence-electron chi connectivity index (χ3n) is 4.25. The van der Waals surface area contributed by atoms with E-state index in [1.165, 1.54) is 0 Å². The Bertz CT molecular complexity index is 952. The minimum Gasteiger partial charge on any atom is -0.481 e. The summed E-state index contributed by atoms with van der Waals surface area (Å²) in [6, 6.07) is 16.7. The summed E-state index contributed by atoms with van der Waals surface area (Å²) >= 11 is 0. The molecular weight excluding hydrogens is 368 g/mol. The van der Waals surface area contributed by atoms with Gasteiger partial charge in [-0.3, -0.25) is 14.3 Å². The van der Waals surface area contributed by atoms with Gasteiger partial charge in [0, 0.05) is 24.6 Å². The fraction of sp³-hybridized carbons (Fsp3) is 0.227. The molecule has 0 fully saturated rings. The summed E-state index contributed by atoms with van der Waals surface area (Å²) in [4.78, 5) is 24.4. The second-order valence-electron chi connectivity index (χ2n) is 6.74. The van der Waals surface area contributed by atoms with Gasteiger partial charge in [0.25, 0.3) is 5.91 Å². The van der Waals surface area contributed by atoms with Crippen molar-refractivity contribution in [1.29, 1.82) is 0 Å². The lowest BCUT2D eigenvalue weighted by Crippen LogP contribution is -2.35. The van der Waals surface area contributed by atoms with E-state index in [0.29, 0.717) is 18.0 Å². The highest BCUT2D eigenvalue weighted by Crippen LogP contribution is 2.14. The van der Waals surface area contributed by atoms with Crippen LogP contribution in [0.4, 0.5) is 5.69 Å². The number of anilines is 1. The summed E-state index contributed by atoms with van der Waals surface area (Å²) in [5, 5.41) is 9.70. The standard InChI is InChI=1S/C22H24N4O3/c1-16-7-9-20(10-8-16)29-17(2)22(28)23-14-18-5-3-6-19(13-18)25-21(27)15-26-12-4-11-24-26/h3-13,17H,14-15H2,1-2H3,(H,23,28)(H,25,27). The molecule has 0 aliphatic rings. The Kier molecular flexibility index (Phi) is 6.63. The number of hydrogen-bond donors (Lipinski definition) is 2. The molecule has 3 rings (SSSR count). The highest BCUT2D eigenvalue weighted by Gasteiger charge is 2.14. The lowest BCUT2D eigenvalue weighted by atomic mass is 10.2. The van der Waals surface area contributed by atoms with E-state index in [4.69, 9.17) is 4.74 Å². The predicted octanol–water partition coefficient (Wildman–Crippen LogP) is 2.91. The van der Waals surface area contributed by atoms with E-state index in [1.807, 2.05) is 49.4 Å². The molecule has 0 bridgehead atoms. The number of aryl methyl sites for hydroxylation is 1. The molecule has 1 atom stereocenters. The number of benzene rings is 2. The maximum absolute atomic E-state index is 12.3. The van der Waals surface area contributed by atoms with Crippen LogP contribution in [0.1, 0.15) is 18.1 Å². The zero-order chi connectivity index (χ0) is 20.6. The quantitative estimate of drug-likeness (QED) is 0.617. The second-order valence-corrected chi connectivity index (χ2v) is 6.74. The third-order valence-corrected chi connectivity index (χ3v) is 4.25. The largest absolute Gasteiger partial charge is 0.481 e. The number of aromatic nitrogens is 2. The summed E-state index contributed by atoms with van der Waals surface area (Å²) in [7, 11) is 0. The van der Waals surface area contributed by atoms with Gasteiger partial charge in [0.2, 0.25) is 5.91 Å². The van der Waals surface area contributed by atoms with Crippen LogP contribution in [0.5, 0.6) is 5.75 Å². The van der Waals surface area contributed by atoms with E-state index in [2.05, 4.69) is 15.7 Å². The van der Waals surface area contributed by atoms with Gasteiger partial charge in [-0.1, -0.05) is 29.8 Å². The lowest BCUT2D eigenvalue weighted by molar-refractivity contribution is -0.127. The van der Waals surface area contributed by atoms with E-state index in [0.717, 1.165) is 11.1 Å². The van der Waals surface area contributed by atoms with Crippen molar-refractivity contribution in [3.8, 4) is 5.75 Å². The van der Waals surface area contributed by atoms with Crippen LogP contribution in [0.2, 0.25) is 0 Å². The molecule has 0 spiro atoms. The van der Waals surface area contributed by atoms with Gasteiger partial charge >= 0.3 is 0 Å². The molecule has 1 aromatic heterocycles. The Labute approximate surface area is 169 Å². The fourth-order valence-electron chi connectivity index (χ4n) is 2.71. The van der Waals surface area contributed by atoms with Crippen molar-refractivity contribution >= 4 is 17.5 Å². The number of carbonyl (C=O) groups excluding carboxylic acids is 2. The molecule has 2 aromatic carbocycles. The van der Waals surface area contributed by atoms with Crippen LogP contribution in [0.25, 0.3) is 0 Å². The van der Waals surface area contributed by atoms with Crippen LogP contribution >= 0.6 is 0 Å². The van der Waals surface area contributed by atoms with Gasteiger partial charge in [0.05, 0.1) is 0 Å². The number of carbonyl (C=O) groups is 2. The van der Waals surface area contributed by atoms with Crippen molar-refractivity contribution in [1.82, 2.24) is 15.1 Å². The van der Waals surface area contributed by atoms with Crippen molar-refractivity contribution in [3.63, 3.8) is 0 Å². The minimum absolute atomic E-state index is 0.141. The molecule has 3 aromatic rings. The first-order valence-corrected chi connectivity index (χ1v) is 9.37. The second kappa shape index (κ2) is 9.54. The maximum atomic E-state index is 12.3. The average Bonchev–Trinajstić information content (AvgIpc) is 3.21. The molecule has 7 heteroatoms. The molecule has 1 unspecified atom stereocenters. The first-order valence-electron chi connectivity index (χ1n) is 9.37. The first kappa shape index (κ1) is 20.1. The smallest absolute Gasteiger partial charge is 0.261 e. The van der Waals surface area contributed by atoms with Gasteiger partial charge in [-0.15, -0.1) is 0 Å². The Morgan fingerprint density at radius 3 is 2.66 bits per heavy atom. The van der Waals surface area contributed by atoms with E-state index < -0.39 is 6.10 Å². The maximum Gasteiger partial charge on any atom is 0.261 e. The highest BCUT2D eigenvalue weighted by molar-refractivity contribution is 5.90. The van der Waals surface area contributed by atoms with Gasteiger partial charge in [-0.2, -0.15) is 5.10 Å². The van der Waals surface area contributed by atoms with Gasteiger partial charge in [0.1, 0.15) is 12.3 Å². The molecule has 0 aliphatic carbocycles. The van der Waals surface area contributed by atoms with Crippen LogP contribution in [0, 0.1) is 6.92 Å². The molecule has 0 aliphatic heterocycles. The van der Waals surface area contributed by atoms with Crippen LogP contribution in [0.3, 0.4) is 0 Å². The molecular formula is C22H24N4O3. The normalized spacial score (nSPS) is 11.5.